The van der Waals surface area contributed by atoms with Gasteiger partial charge in [0.15, 0.2) is 0 Å². The molecule has 3 rings (SSSR count). The van der Waals surface area contributed by atoms with Gasteiger partial charge in [0.1, 0.15) is 5.92 Å². The predicted octanol–water partition coefficient (Wildman–Crippen LogP) is 3.53. The van der Waals surface area contributed by atoms with Crippen LogP contribution in [0.15, 0.2) is 85.1 Å². The number of carbonyl (C=O) groups is 1. The first-order valence-corrected chi connectivity index (χ1v) is 7.62. The molecule has 0 bridgehead atoms. The molecule has 0 saturated heterocycles. The second kappa shape index (κ2) is 7.36. The van der Waals surface area contributed by atoms with Gasteiger partial charge in [0.2, 0.25) is 5.91 Å². The minimum Gasteiger partial charge on any atom is -0.351 e. The molecule has 1 unspecified atom stereocenters. The van der Waals surface area contributed by atoms with Crippen molar-refractivity contribution in [1.29, 1.82) is 0 Å². The first-order chi connectivity index (χ1) is 11.3. The summed E-state index contributed by atoms with van der Waals surface area (Å²) in [6.45, 7) is 0.510. The lowest BCUT2D eigenvalue weighted by atomic mass is 9.94. The molecule has 0 aliphatic carbocycles. The normalized spacial score (nSPS) is 11.7. The Bertz CT molecular complexity index is 703. The van der Waals surface area contributed by atoms with Crippen molar-refractivity contribution in [3.05, 3.63) is 102 Å². The number of aromatic nitrogens is 1. The van der Waals surface area contributed by atoms with Crippen molar-refractivity contribution in [3.8, 4) is 0 Å². The maximum atomic E-state index is 12.8. The fourth-order valence-corrected chi connectivity index (χ4v) is 2.54. The topological polar surface area (TPSA) is 42.0 Å². The lowest BCUT2D eigenvalue weighted by Gasteiger charge is -2.17. The largest absolute Gasteiger partial charge is 0.351 e. The Morgan fingerprint density at radius 2 is 1.52 bits per heavy atom. The number of carbonyl (C=O) groups excluding carboxylic acids is 1. The van der Waals surface area contributed by atoms with Crippen molar-refractivity contribution < 1.29 is 4.79 Å². The van der Waals surface area contributed by atoms with E-state index in [2.05, 4.69) is 10.3 Å². The summed E-state index contributed by atoms with van der Waals surface area (Å²) in [7, 11) is 0. The highest BCUT2D eigenvalue weighted by Gasteiger charge is 2.23. The molecule has 2 aromatic carbocycles. The molecule has 0 spiro atoms. The summed E-state index contributed by atoms with van der Waals surface area (Å²) < 4.78 is 0. The van der Waals surface area contributed by atoms with Crippen molar-refractivity contribution in [2.45, 2.75) is 12.5 Å². The number of rotatable bonds is 5. The van der Waals surface area contributed by atoms with E-state index in [4.69, 9.17) is 0 Å². The summed E-state index contributed by atoms with van der Waals surface area (Å²) >= 11 is 0. The zero-order chi connectivity index (χ0) is 15.9. The van der Waals surface area contributed by atoms with E-state index < -0.39 is 5.92 Å². The highest BCUT2D eigenvalue weighted by atomic mass is 16.1. The molecule has 114 valence electrons. The summed E-state index contributed by atoms with van der Waals surface area (Å²) in [6.07, 6.45) is 1.72. The van der Waals surface area contributed by atoms with Gasteiger partial charge in [0, 0.05) is 12.7 Å². The molecular formula is C20H18N2O. The van der Waals surface area contributed by atoms with Crippen LogP contribution >= 0.6 is 0 Å². The molecule has 1 amide bonds. The van der Waals surface area contributed by atoms with Crippen molar-refractivity contribution in [2.24, 2.45) is 0 Å². The second-order valence-corrected chi connectivity index (χ2v) is 5.30. The van der Waals surface area contributed by atoms with E-state index in [0.29, 0.717) is 6.54 Å². The van der Waals surface area contributed by atoms with Gasteiger partial charge in [-0.25, -0.2) is 0 Å². The monoisotopic (exact) mass is 302 g/mol. The lowest BCUT2D eigenvalue weighted by molar-refractivity contribution is -0.121. The Hall–Kier alpha value is -2.94. The quantitative estimate of drug-likeness (QED) is 0.783. The van der Waals surface area contributed by atoms with E-state index in [-0.39, 0.29) is 5.91 Å². The SMILES string of the molecule is O=C(NCc1ccccc1)C(c1ccccc1)c1ccccn1. The Labute approximate surface area is 136 Å². The van der Waals surface area contributed by atoms with Gasteiger partial charge >= 0.3 is 0 Å². The van der Waals surface area contributed by atoms with Crippen LogP contribution < -0.4 is 5.32 Å². The third kappa shape index (κ3) is 3.83. The summed E-state index contributed by atoms with van der Waals surface area (Å²) in [5, 5.41) is 3.02. The number of benzene rings is 2. The Kier molecular flexibility index (Phi) is 4.79. The molecule has 1 atom stereocenters. The average Bonchev–Trinajstić information content (AvgIpc) is 2.63. The van der Waals surface area contributed by atoms with Crippen LogP contribution in [0.5, 0.6) is 0 Å². The van der Waals surface area contributed by atoms with E-state index in [0.717, 1.165) is 16.8 Å². The van der Waals surface area contributed by atoms with E-state index in [1.807, 2.05) is 78.9 Å². The molecule has 1 heterocycles. The molecule has 0 saturated carbocycles. The van der Waals surface area contributed by atoms with Gasteiger partial charge in [0.25, 0.3) is 0 Å². The van der Waals surface area contributed by atoms with Crippen molar-refractivity contribution in [1.82, 2.24) is 10.3 Å². The highest BCUT2D eigenvalue weighted by Crippen LogP contribution is 2.23. The zero-order valence-electron chi connectivity index (χ0n) is 12.7. The molecule has 3 aromatic rings. The molecule has 23 heavy (non-hydrogen) atoms. The maximum absolute atomic E-state index is 12.8. The van der Waals surface area contributed by atoms with Crippen LogP contribution in [0.1, 0.15) is 22.7 Å². The van der Waals surface area contributed by atoms with Gasteiger partial charge in [-0.3, -0.25) is 9.78 Å². The number of amides is 1. The smallest absolute Gasteiger partial charge is 0.233 e. The number of hydrogen-bond donors (Lipinski definition) is 1. The molecule has 1 N–H and O–H groups in total. The van der Waals surface area contributed by atoms with Crippen LogP contribution in [-0.4, -0.2) is 10.9 Å². The van der Waals surface area contributed by atoms with E-state index in [9.17, 15) is 4.79 Å². The summed E-state index contributed by atoms with van der Waals surface area (Å²) in [5.74, 6) is -0.445. The molecule has 0 aliphatic heterocycles. The summed E-state index contributed by atoms with van der Waals surface area (Å²) in [4.78, 5) is 17.1. The van der Waals surface area contributed by atoms with Crippen molar-refractivity contribution >= 4 is 5.91 Å². The van der Waals surface area contributed by atoms with Crippen LogP contribution in [0, 0.1) is 0 Å². The summed E-state index contributed by atoms with van der Waals surface area (Å²) in [6, 6.07) is 25.3. The summed E-state index contributed by atoms with van der Waals surface area (Å²) in [5.41, 5.74) is 2.77. The van der Waals surface area contributed by atoms with Gasteiger partial charge in [-0.2, -0.15) is 0 Å². The van der Waals surface area contributed by atoms with E-state index >= 15 is 0 Å². The van der Waals surface area contributed by atoms with Crippen LogP contribution in [0.4, 0.5) is 0 Å². The first-order valence-electron chi connectivity index (χ1n) is 7.62. The number of nitrogens with one attached hydrogen (secondary N) is 1. The van der Waals surface area contributed by atoms with Crippen LogP contribution in [-0.2, 0) is 11.3 Å². The van der Waals surface area contributed by atoms with Crippen molar-refractivity contribution in [3.63, 3.8) is 0 Å². The lowest BCUT2D eigenvalue weighted by Crippen LogP contribution is -2.30. The van der Waals surface area contributed by atoms with Crippen LogP contribution in [0.2, 0.25) is 0 Å². The highest BCUT2D eigenvalue weighted by molar-refractivity contribution is 5.86. The molecule has 3 nitrogen and oxygen atoms in total. The minimum atomic E-state index is -0.402. The van der Waals surface area contributed by atoms with E-state index in [1.165, 1.54) is 0 Å². The molecule has 3 heteroatoms. The van der Waals surface area contributed by atoms with Crippen molar-refractivity contribution in [2.75, 3.05) is 0 Å². The number of hydrogen-bond acceptors (Lipinski definition) is 2. The van der Waals surface area contributed by atoms with Gasteiger partial charge in [-0.15, -0.1) is 0 Å². The third-order valence-electron chi connectivity index (χ3n) is 3.69. The molecule has 0 aliphatic rings. The van der Waals surface area contributed by atoms with Gasteiger partial charge in [0.05, 0.1) is 5.69 Å². The molecule has 1 aromatic heterocycles. The maximum Gasteiger partial charge on any atom is 0.233 e. The fourth-order valence-electron chi connectivity index (χ4n) is 2.54. The third-order valence-corrected chi connectivity index (χ3v) is 3.69. The second-order valence-electron chi connectivity index (χ2n) is 5.30. The Morgan fingerprint density at radius 3 is 2.17 bits per heavy atom. The minimum absolute atomic E-state index is 0.0428. The zero-order valence-corrected chi connectivity index (χ0v) is 12.7. The van der Waals surface area contributed by atoms with Gasteiger partial charge < -0.3 is 5.32 Å². The number of nitrogens with zero attached hydrogens (tertiary/aromatic N) is 1. The van der Waals surface area contributed by atoms with Gasteiger partial charge in [-0.1, -0.05) is 66.7 Å². The molecule has 0 fully saturated rings. The fraction of sp³-hybridized carbons (Fsp3) is 0.100. The standard InChI is InChI=1S/C20H18N2O/c23-20(22-15-16-9-3-1-4-10-16)19(17-11-5-2-6-12-17)18-13-7-8-14-21-18/h1-14,19H,15H2,(H,22,23). The molecule has 0 radical (unpaired) electrons. The van der Waals surface area contributed by atoms with Gasteiger partial charge in [-0.05, 0) is 23.3 Å². The Balaban J connectivity index is 1.82. The molecular weight excluding hydrogens is 284 g/mol. The van der Waals surface area contributed by atoms with Crippen LogP contribution in [0.25, 0.3) is 0 Å². The van der Waals surface area contributed by atoms with Crippen LogP contribution in [0.3, 0.4) is 0 Å². The first kappa shape index (κ1) is 15.0. The average molecular weight is 302 g/mol. The number of pyridine rings is 1. The predicted molar refractivity (Wildman–Crippen MR) is 90.8 cm³/mol. The van der Waals surface area contributed by atoms with E-state index in [1.54, 1.807) is 6.20 Å². The Morgan fingerprint density at radius 1 is 0.870 bits per heavy atom.